The zero-order chi connectivity index (χ0) is 26.5. The van der Waals surface area contributed by atoms with E-state index in [9.17, 15) is 4.79 Å². The van der Waals surface area contributed by atoms with E-state index in [1.165, 1.54) is 7.11 Å². The van der Waals surface area contributed by atoms with E-state index < -0.39 is 11.6 Å². The molecule has 0 N–H and O–H groups in total. The fourth-order valence-electron chi connectivity index (χ4n) is 4.03. The van der Waals surface area contributed by atoms with E-state index in [-0.39, 0.29) is 6.79 Å². The molecule has 0 saturated heterocycles. The number of hydrogen-bond donors (Lipinski definition) is 0. The highest BCUT2D eigenvalue weighted by Crippen LogP contribution is 2.29. The minimum absolute atomic E-state index is 0.304. The minimum Gasteiger partial charge on any atom is -0.469 e. The number of furan rings is 1. The fourth-order valence-corrected chi connectivity index (χ4v) is 4.03. The number of methoxy groups -OCH3 is 1. The number of hydrogen-bond acceptors (Lipinski definition) is 7. The number of nitrogens with zero attached hydrogens (tertiary/aromatic N) is 3. The fraction of sp³-hybridized carbons (Fsp3) is 0.233. The number of ether oxygens (including phenoxy) is 3. The molecular formula is C30H29N3O5. The standard InChI is InChI=1S/C30H29N3O5/c1-30(2,35-3)29(34)38-20-37-28-25(18-23-15-10-16-36-23)32-27-24(17-21-11-6-4-7-12-21)31-26(19-33(27)28)22-13-8-5-9-14-22/h4-16,19H,17-18,20H2,1-3H3. The van der Waals surface area contributed by atoms with Crippen molar-refractivity contribution in [3.8, 4) is 17.1 Å². The molecule has 2 aromatic carbocycles. The number of rotatable bonds is 10. The second-order valence-corrected chi connectivity index (χ2v) is 9.32. The zero-order valence-electron chi connectivity index (χ0n) is 21.6. The van der Waals surface area contributed by atoms with Crippen LogP contribution in [-0.2, 0) is 27.1 Å². The first kappa shape index (κ1) is 25.2. The van der Waals surface area contributed by atoms with Crippen molar-refractivity contribution in [2.45, 2.75) is 32.3 Å². The predicted octanol–water partition coefficient (Wildman–Crippen LogP) is 5.48. The monoisotopic (exact) mass is 511 g/mol. The average molecular weight is 512 g/mol. The summed E-state index contributed by atoms with van der Waals surface area (Å²) < 4.78 is 24.1. The van der Waals surface area contributed by atoms with Crippen molar-refractivity contribution in [2.24, 2.45) is 0 Å². The van der Waals surface area contributed by atoms with Crippen molar-refractivity contribution in [3.63, 3.8) is 0 Å². The van der Waals surface area contributed by atoms with Crippen LogP contribution in [-0.4, -0.2) is 39.8 Å². The minimum atomic E-state index is -1.09. The Morgan fingerprint density at radius 1 is 0.921 bits per heavy atom. The van der Waals surface area contributed by atoms with E-state index in [2.05, 4.69) is 12.1 Å². The molecule has 0 bridgehead atoms. The lowest BCUT2D eigenvalue weighted by atomic mass is 10.1. The number of carbonyl (C=O) groups is 1. The third-order valence-corrected chi connectivity index (χ3v) is 6.29. The van der Waals surface area contributed by atoms with Crippen LogP contribution in [0.2, 0.25) is 0 Å². The van der Waals surface area contributed by atoms with Crippen LogP contribution in [0.5, 0.6) is 5.88 Å². The lowest BCUT2D eigenvalue weighted by Gasteiger charge is -2.20. The van der Waals surface area contributed by atoms with Crippen LogP contribution in [0.15, 0.2) is 89.7 Å². The van der Waals surface area contributed by atoms with Gasteiger partial charge in [-0.15, -0.1) is 0 Å². The van der Waals surface area contributed by atoms with Gasteiger partial charge in [0.2, 0.25) is 12.7 Å². The number of imidazole rings is 1. The van der Waals surface area contributed by atoms with Crippen LogP contribution in [0.3, 0.4) is 0 Å². The Hall–Kier alpha value is -4.43. The van der Waals surface area contributed by atoms with Gasteiger partial charge in [0.1, 0.15) is 11.5 Å². The van der Waals surface area contributed by atoms with Crippen molar-refractivity contribution in [1.29, 1.82) is 0 Å². The first-order valence-electron chi connectivity index (χ1n) is 12.3. The Bertz CT molecular complexity index is 1510. The molecule has 8 nitrogen and oxygen atoms in total. The third kappa shape index (κ3) is 5.45. The highest BCUT2D eigenvalue weighted by Gasteiger charge is 2.29. The van der Waals surface area contributed by atoms with Gasteiger partial charge in [-0.1, -0.05) is 60.7 Å². The van der Waals surface area contributed by atoms with Gasteiger partial charge in [0, 0.05) is 25.3 Å². The number of aromatic nitrogens is 3. The molecule has 0 atom stereocenters. The molecule has 0 fully saturated rings. The summed E-state index contributed by atoms with van der Waals surface area (Å²) in [7, 11) is 1.46. The maximum atomic E-state index is 12.5. The Kier molecular flexibility index (Phi) is 7.24. The van der Waals surface area contributed by atoms with Crippen LogP contribution in [0, 0.1) is 0 Å². The molecule has 0 aliphatic heterocycles. The lowest BCUT2D eigenvalue weighted by Crippen LogP contribution is -2.36. The normalized spacial score (nSPS) is 11.6. The largest absolute Gasteiger partial charge is 0.469 e. The molecule has 38 heavy (non-hydrogen) atoms. The topological polar surface area (TPSA) is 88.1 Å². The molecule has 8 heteroatoms. The van der Waals surface area contributed by atoms with E-state index in [4.69, 9.17) is 28.6 Å². The smallest absolute Gasteiger partial charge is 0.340 e. The molecule has 0 amide bonds. The van der Waals surface area contributed by atoms with Crippen molar-refractivity contribution >= 4 is 11.6 Å². The van der Waals surface area contributed by atoms with Crippen LogP contribution >= 0.6 is 0 Å². The number of fused-ring (bicyclic) bond motifs is 1. The van der Waals surface area contributed by atoms with Crippen molar-refractivity contribution < 1.29 is 23.4 Å². The lowest BCUT2D eigenvalue weighted by molar-refractivity contribution is -0.171. The molecule has 0 spiro atoms. The first-order chi connectivity index (χ1) is 18.4. The van der Waals surface area contributed by atoms with Gasteiger partial charge in [0.05, 0.1) is 24.1 Å². The molecule has 194 valence electrons. The van der Waals surface area contributed by atoms with Gasteiger partial charge in [-0.3, -0.25) is 4.40 Å². The molecule has 5 aromatic rings. The predicted molar refractivity (Wildman–Crippen MR) is 142 cm³/mol. The van der Waals surface area contributed by atoms with Crippen LogP contribution in [0.4, 0.5) is 0 Å². The summed E-state index contributed by atoms with van der Waals surface area (Å²) in [6.45, 7) is 2.97. The summed E-state index contributed by atoms with van der Waals surface area (Å²) in [5.74, 6) is 0.655. The highest BCUT2D eigenvalue weighted by atomic mass is 16.7. The van der Waals surface area contributed by atoms with E-state index in [0.717, 1.165) is 28.3 Å². The summed E-state index contributed by atoms with van der Waals surface area (Å²) in [5.41, 5.74) is 3.86. The van der Waals surface area contributed by atoms with Gasteiger partial charge in [-0.2, -0.15) is 0 Å². The Balaban J connectivity index is 1.59. The molecule has 0 unspecified atom stereocenters. The molecule has 0 aliphatic carbocycles. The quantitative estimate of drug-likeness (QED) is 0.181. The maximum Gasteiger partial charge on any atom is 0.340 e. The zero-order valence-corrected chi connectivity index (χ0v) is 21.6. The van der Waals surface area contributed by atoms with E-state index in [0.29, 0.717) is 30.1 Å². The van der Waals surface area contributed by atoms with E-state index >= 15 is 0 Å². The van der Waals surface area contributed by atoms with E-state index in [1.54, 1.807) is 20.1 Å². The van der Waals surface area contributed by atoms with Crippen molar-refractivity contribution in [1.82, 2.24) is 14.4 Å². The average Bonchev–Trinajstić information content (AvgIpc) is 3.58. The summed E-state index contributed by atoms with van der Waals surface area (Å²) in [6.07, 6.45) is 4.50. The second kappa shape index (κ2) is 10.9. The second-order valence-electron chi connectivity index (χ2n) is 9.32. The molecule has 3 heterocycles. The van der Waals surface area contributed by atoms with Gasteiger partial charge < -0.3 is 18.6 Å². The molecule has 0 aliphatic rings. The third-order valence-electron chi connectivity index (χ3n) is 6.29. The summed E-state index contributed by atoms with van der Waals surface area (Å²) in [6, 6.07) is 23.8. The van der Waals surface area contributed by atoms with Crippen LogP contribution < -0.4 is 4.74 Å². The molecule has 0 radical (unpaired) electrons. The van der Waals surface area contributed by atoms with Gasteiger partial charge >= 0.3 is 5.97 Å². The summed E-state index contributed by atoms with van der Waals surface area (Å²) >= 11 is 0. The maximum absolute atomic E-state index is 12.5. The highest BCUT2D eigenvalue weighted by molar-refractivity contribution is 5.78. The Morgan fingerprint density at radius 3 is 2.34 bits per heavy atom. The van der Waals surface area contributed by atoms with Gasteiger partial charge in [0.15, 0.2) is 11.2 Å². The molecule has 0 saturated carbocycles. The number of carbonyl (C=O) groups excluding carboxylic acids is 1. The van der Waals surface area contributed by atoms with Gasteiger partial charge in [-0.05, 0) is 31.5 Å². The van der Waals surface area contributed by atoms with Crippen LogP contribution in [0.25, 0.3) is 16.9 Å². The molecule has 5 rings (SSSR count). The van der Waals surface area contributed by atoms with Crippen molar-refractivity contribution in [2.75, 3.05) is 13.9 Å². The van der Waals surface area contributed by atoms with Crippen LogP contribution in [0.1, 0.15) is 36.6 Å². The Labute approximate surface area is 220 Å². The Morgan fingerprint density at radius 2 is 1.66 bits per heavy atom. The van der Waals surface area contributed by atoms with Gasteiger partial charge in [0.25, 0.3) is 0 Å². The molecule has 3 aromatic heterocycles. The summed E-state index contributed by atoms with van der Waals surface area (Å²) in [4.78, 5) is 22.4. The van der Waals surface area contributed by atoms with Gasteiger partial charge in [-0.25, -0.2) is 14.8 Å². The number of benzene rings is 2. The SMILES string of the molecule is COC(C)(C)C(=O)OCOc1c(Cc2ccco2)nc2c(Cc3ccccc3)nc(-c3ccccc3)cn12. The first-order valence-corrected chi connectivity index (χ1v) is 12.3. The summed E-state index contributed by atoms with van der Waals surface area (Å²) in [5, 5.41) is 0. The number of esters is 1. The van der Waals surface area contributed by atoms with E-state index in [1.807, 2.05) is 71.3 Å². The molecular weight excluding hydrogens is 482 g/mol. The van der Waals surface area contributed by atoms with Crippen molar-refractivity contribution in [3.05, 3.63) is 108 Å².